The van der Waals surface area contributed by atoms with Crippen molar-refractivity contribution in [1.82, 2.24) is 0 Å². The first-order chi connectivity index (χ1) is 9.08. The summed E-state index contributed by atoms with van der Waals surface area (Å²) in [5.74, 6) is -2.62. The average molecular weight is 268 g/mol. The van der Waals surface area contributed by atoms with Gasteiger partial charge in [0.25, 0.3) is 0 Å². The van der Waals surface area contributed by atoms with Gasteiger partial charge in [0.05, 0.1) is 13.2 Å². The standard InChI is InChI=1S/C14H17FO4/c1-3-18-13(16)12(14(17)19-4-2)9-10-5-7-11(15)8-6-10/h5-8,12H,3-4,9H2,1-2H3. The zero-order chi connectivity index (χ0) is 14.3. The van der Waals surface area contributed by atoms with E-state index < -0.39 is 17.9 Å². The van der Waals surface area contributed by atoms with Gasteiger partial charge in [-0.25, -0.2) is 4.39 Å². The molecular weight excluding hydrogens is 251 g/mol. The van der Waals surface area contributed by atoms with Crippen LogP contribution in [0, 0.1) is 11.7 Å². The summed E-state index contributed by atoms with van der Waals surface area (Å²) in [4.78, 5) is 23.5. The van der Waals surface area contributed by atoms with Gasteiger partial charge in [-0.15, -0.1) is 0 Å². The predicted octanol–water partition coefficient (Wildman–Crippen LogP) is 2.11. The highest BCUT2D eigenvalue weighted by atomic mass is 19.1. The molecule has 0 unspecified atom stereocenters. The van der Waals surface area contributed by atoms with Gasteiger partial charge in [0, 0.05) is 0 Å². The fourth-order valence-electron chi connectivity index (χ4n) is 1.60. The third-order valence-corrected chi connectivity index (χ3v) is 2.50. The van der Waals surface area contributed by atoms with Gasteiger partial charge in [0.1, 0.15) is 5.82 Å². The van der Waals surface area contributed by atoms with Crippen LogP contribution >= 0.6 is 0 Å². The van der Waals surface area contributed by atoms with Crippen LogP contribution in [-0.2, 0) is 25.5 Å². The van der Waals surface area contributed by atoms with Crippen molar-refractivity contribution in [2.24, 2.45) is 5.92 Å². The average Bonchev–Trinajstić information content (AvgIpc) is 2.38. The summed E-state index contributed by atoms with van der Waals surface area (Å²) in [5.41, 5.74) is 0.674. The lowest BCUT2D eigenvalue weighted by atomic mass is 9.99. The molecule has 1 aromatic carbocycles. The summed E-state index contributed by atoms with van der Waals surface area (Å²) in [6.45, 7) is 3.71. The SMILES string of the molecule is CCOC(=O)C(Cc1ccc(F)cc1)C(=O)OCC. The Morgan fingerprint density at radius 2 is 1.53 bits per heavy atom. The summed E-state index contributed by atoms with van der Waals surface area (Å²) < 4.78 is 22.5. The van der Waals surface area contributed by atoms with E-state index in [1.165, 1.54) is 24.3 Å². The van der Waals surface area contributed by atoms with Gasteiger partial charge < -0.3 is 9.47 Å². The minimum absolute atomic E-state index is 0.137. The third kappa shape index (κ3) is 4.69. The molecule has 0 radical (unpaired) electrons. The maximum absolute atomic E-state index is 12.8. The van der Waals surface area contributed by atoms with Gasteiger partial charge in [-0.2, -0.15) is 0 Å². The topological polar surface area (TPSA) is 52.6 Å². The Balaban J connectivity index is 2.81. The molecule has 1 rings (SSSR count). The van der Waals surface area contributed by atoms with E-state index in [9.17, 15) is 14.0 Å². The minimum atomic E-state index is -1.01. The minimum Gasteiger partial charge on any atom is -0.465 e. The predicted molar refractivity (Wildman–Crippen MR) is 66.9 cm³/mol. The summed E-state index contributed by atoms with van der Waals surface area (Å²) in [6, 6.07) is 5.62. The van der Waals surface area contributed by atoms with Crippen molar-refractivity contribution in [2.75, 3.05) is 13.2 Å². The van der Waals surface area contributed by atoms with Crippen molar-refractivity contribution < 1.29 is 23.5 Å². The lowest BCUT2D eigenvalue weighted by molar-refractivity contribution is -0.161. The van der Waals surface area contributed by atoms with Crippen LogP contribution in [0.2, 0.25) is 0 Å². The lowest BCUT2D eigenvalue weighted by Gasteiger charge is -2.14. The van der Waals surface area contributed by atoms with Gasteiger partial charge >= 0.3 is 11.9 Å². The molecule has 0 aromatic heterocycles. The Labute approximate surface area is 111 Å². The molecule has 0 aliphatic carbocycles. The van der Waals surface area contributed by atoms with E-state index in [2.05, 4.69) is 0 Å². The van der Waals surface area contributed by atoms with Crippen LogP contribution in [0.4, 0.5) is 4.39 Å². The number of carbonyl (C=O) groups is 2. The van der Waals surface area contributed by atoms with Gasteiger partial charge in [-0.1, -0.05) is 12.1 Å². The molecule has 0 spiro atoms. The highest BCUT2D eigenvalue weighted by molar-refractivity contribution is 5.95. The molecule has 1 aromatic rings. The molecule has 0 aliphatic heterocycles. The molecule has 0 aliphatic rings. The van der Waals surface area contributed by atoms with Crippen LogP contribution in [0.25, 0.3) is 0 Å². The Kier molecular flexibility index (Phi) is 5.99. The van der Waals surface area contributed by atoms with Crippen LogP contribution in [0.15, 0.2) is 24.3 Å². The molecular formula is C14H17FO4. The number of hydrogen-bond acceptors (Lipinski definition) is 4. The molecule has 5 heteroatoms. The zero-order valence-electron chi connectivity index (χ0n) is 11.0. The Bertz CT molecular complexity index is 410. The highest BCUT2D eigenvalue weighted by Crippen LogP contribution is 2.13. The molecule has 19 heavy (non-hydrogen) atoms. The smallest absolute Gasteiger partial charge is 0.320 e. The molecule has 104 valence electrons. The van der Waals surface area contributed by atoms with Crippen LogP contribution in [0.5, 0.6) is 0 Å². The Morgan fingerprint density at radius 3 is 1.95 bits per heavy atom. The fourth-order valence-corrected chi connectivity index (χ4v) is 1.60. The second-order valence-electron chi connectivity index (χ2n) is 3.89. The first-order valence-electron chi connectivity index (χ1n) is 6.16. The molecule has 0 saturated carbocycles. The van der Waals surface area contributed by atoms with Crippen molar-refractivity contribution >= 4 is 11.9 Å². The van der Waals surface area contributed by atoms with E-state index in [1.54, 1.807) is 13.8 Å². The van der Waals surface area contributed by atoms with Gasteiger partial charge in [0.15, 0.2) is 5.92 Å². The number of rotatable bonds is 6. The van der Waals surface area contributed by atoms with Gasteiger partial charge in [0.2, 0.25) is 0 Å². The number of carbonyl (C=O) groups excluding carboxylic acids is 2. The second kappa shape index (κ2) is 7.51. The summed E-state index contributed by atoms with van der Waals surface area (Å²) >= 11 is 0. The third-order valence-electron chi connectivity index (χ3n) is 2.50. The van der Waals surface area contributed by atoms with Crippen molar-refractivity contribution in [1.29, 1.82) is 0 Å². The molecule has 0 atom stereocenters. The molecule has 0 saturated heterocycles. The summed E-state index contributed by atoms with van der Waals surface area (Å²) in [5, 5.41) is 0. The Morgan fingerprint density at radius 1 is 1.05 bits per heavy atom. The summed E-state index contributed by atoms with van der Waals surface area (Å²) in [7, 11) is 0. The van der Waals surface area contributed by atoms with Crippen molar-refractivity contribution in [3.8, 4) is 0 Å². The first-order valence-corrected chi connectivity index (χ1v) is 6.16. The van der Waals surface area contributed by atoms with E-state index in [1.807, 2.05) is 0 Å². The van der Waals surface area contributed by atoms with Crippen LogP contribution < -0.4 is 0 Å². The fraction of sp³-hybridized carbons (Fsp3) is 0.429. The molecule has 0 heterocycles. The van der Waals surface area contributed by atoms with Crippen LogP contribution in [-0.4, -0.2) is 25.2 Å². The summed E-state index contributed by atoms with van der Waals surface area (Å²) in [6.07, 6.45) is 0.137. The maximum atomic E-state index is 12.8. The molecule has 0 amide bonds. The van der Waals surface area contributed by atoms with Crippen LogP contribution in [0.1, 0.15) is 19.4 Å². The largest absolute Gasteiger partial charge is 0.465 e. The zero-order valence-corrected chi connectivity index (χ0v) is 11.0. The number of ether oxygens (including phenoxy) is 2. The highest BCUT2D eigenvalue weighted by Gasteiger charge is 2.29. The van der Waals surface area contributed by atoms with Gasteiger partial charge in [-0.3, -0.25) is 9.59 Å². The maximum Gasteiger partial charge on any atom is 0.320 e. The normalized spacial score (nSPS) is 10.3. The van der Waals surface area contributed by atoms with Gasteiger partial charge in [-0.05, 0) is 38.0 Å². The van der Waals surface area contributed by atoms with E-state index in [4.69, 9.17) is 9.47 Å². The first kappa shape index (κ1) is 15.1. The lowest BCUT2D eigenvalue weighted by Crippen LogP contribution is -2.30. The van der Waals surface area contributed by atoms with E-state index >= 15 is 0 Å². The van der Waals surface area contributed by atoms with E-state index in [0.29, 0.717) is 5.56 Å². The number of esters is 2. The second-order valence-corrected chi connectivity index (χ2v) is 3.89. The van der Waals surface area contributed by atoms with E-state index in [0.717, 1.165) is 0 Å². The monoisotopic (exact) mass is 268 g/mol. The molecule has 0 fully saturated rings. The number of halogens is 1. The Hall–Kier alpha value is -1.91. The quantitative estimate of drug-likeness (QED) is 0.585. The number of benzene rings is 1. The van der Waals surface area contributed by atoms with Crippen LogP contribution in [0.3, 0.4) is 0 Å². The molecule has 0 N–H and O–H groups in total. The van der Waals surface area contributed by atoms with Crippen molar-refractivity contribution in [3.63, 3.8) is 0 Å². The van der Waals surface area contributed by atoms with E-state index in [-0.39, 0.29) is 25.5 Å². The molecule has 0 bridgehead atoms. The molecule has 4 nitrogen and oxygen atoms in total. The van der Waals surface area contributed by atoms with Crippen molar-refractivity contribution in [3.05, 3.63) is 35.6 Å². The van der Waals surface area contributed by atoms with Crippen molar-refractivity contribution in [2.45, 2.75) is 20.3 Å². The number of hydrogen-bond donors (Lipinski definition) is 0.